The average molecular weight is 308 g/mol. The summed E-state index contributed by atoms with van der Waals surface area (Å²) in [5.74, 6) is 1.56. The van der Waals surface area contributed by atoms with Crippen molar-refractivity contribution in [2.24, 2.45) is 0 Å². The molecular weight excluding hydrogens is 294 g/mol. The molecule has 1 aromatic heterocycles. The molecule has 0 saturated carbocycles. The fraction of sp³-hybridized carbons (Fsp3) is 0.154. The number of benzene rings is 1. The molecule has 0 aliphatic rings. The Balaban J connectivity index is 2.22. The third kappa shape index (κ3) is 2.73. The first-order valence-electron chi connectivity index (χ1n) is 5.47. The Bertz CT molecular complexity index is 551. The number of nitrogens with zero attached hydrogens (tertiary/aromatic N) is 2. The van der Waals surface area contributed by atoms with Gasteiger partial charge in [0, 0.05) is 30.7 Å². The van der Waals surface area contributed by atoms with Gasteiger partial charge in [-0.05, 0) is 28.1 Å². The first kappa shape index (κ1) is 12.7. The maximum absolute atomic E-state index is 5.25. The number of rotatable bonds is 5. The zero-order chi connectivity index (χ0) is 13.0. The Hall–Kier alpha value is -1.75. The third-order valence-electron chi connectivity index (χ3n) is 2.45. The predicted octanol–water partition coefficient (Wildman–Crippen LogP) is 3.58. The summed E-state index contributed by atoms with van der Waals surface area (Å²) in [4.78, 5) is 4.26. The fourth-order valence-electron chi connectivity index (χ4n) is 1.59. The van der Waals surface area contributed by atoms with Gasteiger partial charge in [0.1, 0.15) is 5.75 Å². The average Bonchev–Trinajstić information content (AvgIpc) is 2.80. The van der Waals surface area contributed by atoms with Crippen LogP contribution in [0.3, 0.4) is 0 Å². The smallest absolute Gasteiger partial charge is 0.207 e. The van der Waals surface area contributed by atoms with Gasteiger partial charge in [-0.1, -0.05) is 6.08 Å². The molecule has 0 saturated heterocycles. The molecule has 5 heteroatoms. The molecule has 0 spiro atoms. The molecule has 0 aliphatic heterocycles. The molecule has 94 valence electrons. The van der Waals surface area contributed by atoms with Crippen molar-refractivity contribution in [3.63, 3.8) is 0 Å². The van der Waals surface area contributed by atoms with Gasteiger partial charge in [-0.15, -0.1) is 6.58 Å². The van der Waals surface area contributed by atoms with E-state index in [4.69, 9.17) is 4.74 Å². The van der Waals surface area contributed by atoms with Crippen molar-refractivity contribution in [2.45, 2.75) is 6.54 Å². The number of methoxy groups -OCH3 is 1. The monoisotopic (exact) mass is 307 g/mol. The van der Waals surface area contributed by atoms with Gasteiger partial charge in [0.2, 0.25) is 5.95 Å². The van der Waals surface area contributed by atoms with Crippen LogP contribution in [0.4, 0.5) is 11.6 Å². The summed E-state index contributed by atoms with van der Waals surface area (Å²) in [7, 11) is 1.64. The Labute approximate surface area is 114 Å². The topological polar surface area (TPSA) is 39.1 Å². The summed E-state index contributed by atoms with van der Waals surface area (Å²) >= 11 is 3.42. The lowest BCUT2D eigenvalue weighted by Gasteiger charge is -2.10. The predicted molar refractivity (Wildman–Crippen MR) is 76.4 cm³/mol. The Morgan fingerprint density at radius 2 is 2.39 bits per heavy atom. The van der Waals surface area contributed by atoms with Crippen molar-refractivity contribution < 1.29 is 4.74 Å². The molecule has 1 N–H and O–H groups in total. The van der Waals surface area contributed by atoms with Crippen LogP contribution in [0.2, 0.25) is 0 Å². The van der Waals surface area contributed by atoms with E-state index in [1.54, 1.807) is 13.3 Å². The highest BCUT2D eigenvalue weighted by molar-refractivity contribution is 9.10. The molecule has 2 aromatic rings. The fourth-order valence-corrected chi connectivity index (χ4v) is 1.99. The summed E-state index contributed by atoms with van der Waals surface area (Å²) in [6, 6.07) is 5.80. The van der Waals surface area contributed by atoms with E-state index in [1.807, 2.05) is 35.0 Å². The van der Waals surface area contributed by atoms with Crippen molar-refractivity contribution in [1.82, 2.24) is 9.55 Å². The molecule has 0 aliphatic carbocycles. The molecule has 1 aromatic carbocycles. The molecule has 0 radical (unpaired) electrons. The van der Waals surface area contributed by atoms with Crippen molar-refractivity contribution in [3.8, 4) is 5.75 Å². The first-order chi connectivity index (χ1) is 8.74. The second-order valence-corrected chi connectivity index (χ2v) is 4.52. The second-order valence-electron chi connectivity index (χ2n) is 3.67. The van der Waals surface area contributed by atoms with Crippen LogP contribution >= 0.6 is 15.9 Å². The molecule has 0 unspecified atom stereocenters. The van der Waals surface area contributed by atoms with Crippen LogP contribution in [0.15, 0.2) is 47.7 Å². The lowest BCUT2D eigenvalue weighted by molar-refractivity contribution is 0.412. The minimum Gasteiger partial charge on any atom is -0.495 e. The van der Waals surface area contributed by atoms with E-state index in [9.17, 15) is 0 Å². The number of anilines is 2. The van der Waals surface area contributed by atoms with Gasteiger partial charge >= 0.3 is 0 Å². The van der Waals surface area contributed by atoms with Crippen LogP contribution in [0.25, 0.3) is 0 Å². The van der Waals surface area contributed by atoms with Gasteiger partial charge in [-0.25, -0.2) is 4.98 Å². The maximum atomic E-state index is 5.25. The first-order valence-corrected chi connectivity index (χ1v) is 6.26. The van der Waals surface area contributed by atoms with Crippen LogP contribution in [0.1, 0.15) is 0 Å². The number of hydrogen-bond donors (Lipinski definition) is 1. The number of imidazole rings is 1. The van der Waals surface area contributed by atoms with Gasteiger partial charge in [-0.3, -0.25) is 0 Å². The summed E-state index contributed by atoms with van der Waals surface area (Å²) in [5, 5.41) is 3.24. The van der Waals surface area contributed by atoms with Crippen LogP contribution in [-0.4, -0.2) is 16.7 Å². The zero-order valence-electron chi connectivity index (χ0n) is 10.1. The molecule has 0 fully saturated rings. The van der Waals surface area contributed by atoms with Crippen molar-refractivity contribution >= 4 is 27.6 Å². The Morgan fingerprint density at radius 3 is 3.11 bits per heavy atom. The van der Waals surface area contributed by atoms with Crippen molar-refractivity contribution in [2.75, 3.05) is 12.4 Å². The number of hydrogen-bond acceptors (Lipinski definition) is 3. The summed E-state index contributed by atoms with van der Waals surface area (Å²) in [6.07, 6.45) is 5.48. The van der Waals surface area contributed by atoms with Crippen LogP contribution < -0.4 is 10.1 Å². The Kier molecular flexibility index (Phi) is 4.04. The van der Waals surface area contributed by atoms with Gasteiger partial charge in [0.05, 0.1) is 11.6 Å². The van der Waals surface area contributed by atoms with Crippen LogP contribution in [0.5, 0.6) is 5.75 Å². The standard InChI is InChI=1S/C13H14BrN3O/c1-3-7-17-8-6-15-13(17)16-10-4-5-11(14)12(9-10)18-2/h3-6,8-9H,1,7H2,2H3,(H,15,16). The highest BCUT2D eigenvalue weighted by atomic mass is 79.9. The number of ether oxygens (including phenoxy) is 1. The lowest BCUT2D eigenvalue weighted by atomic mass is 10.3. The highest BCUT2D eigenvalue weighted by Gasteiger charge is 2.05. The molecule has 2 rings (SSSR count). The maximum Gasteiger partial charge on any atom is 0.207 e. The van der Waals surface area contributed by atoms with Crippen LogP contribution in [0, 0.1) is 0 Å². The third-order valence-corrected chi connectivity index (χ3v) is 3.10. The van der Waals surface area contributed by atoms with E-state index in [1.165, 1.54) is 0 Å². The van der Waals surface area contributed by atoms with Crippen molar-refractivity contribution in [3.05, 3.63) is 47.7 Å². The van der Waals surface area contributed by atoms with E-state index < -0.39 is 0 Å². The number of aromatic nitrogens is 2. The van der Waals surface area contributed by atoms with E-state index in [2.05, 4.69) is 32.8 Å². The van der Waals surface area contributed by atoms with Gasteiger partial charge in [0.15, 0.2) is 0 Å². The minimum atomic E-state index is 0.718. The lowest BCUT2D eigenvalue weighted by Crippen LogP contribution is -2.02. The summed E-state index contributed by atoms with van der Waals surface area (Å²) in [5.41, 5.74) is 0.923. The number of allylic oxidation sites excluding steroid dienone is 1. The minimum absolute atomic E-state index is 0.718. The second kappa shape index (κ2) is 5.73. The molecule has 0 atom stereocenters. The largest absolute Gasteiger partial charge is 0.495 e. The van der Waals surface area contributed by atoms with Crippen molar-refractivity contribution in [1.29, 1.82) is 0 Å². The van der Waals surface area contributed by atoms with Gasteiger partial charge < -0.3 is 14.6 Å². The highest BCUT2D eigenvalue weighted by Crippen LogP contribution is 2.29. The number of nitrogens with one attached hydrogen (secondary N) is 1. The molecule has 4 nitrogen and oxygen atoms in total. The normalized spacial score (nSPS) is 10.1. The SMILES string of the molecule is C=CCn1ccnc1Nc1ccc(Br)c(OC)c1. The summed E-state index contributed by atoms with van der Waals surface area (Å²) in [6.45, 7) is 4.44. The van der Waals surface area contributed by atoms with Crippen LogP contribution in [-0.2, 0) is 6.54 Å². The summed E-state index contributed by atoms with van der Waals surface area (Å²) < 4.78 is 8.15. The molecule has 0 amide bonds. The number of halogens is 1. The molecule has 1 heterocycles. The molecule has 18 heavy (non-hydrogen) atoms. The van der Waals surface area contributed by atoms with E-state index in [-0.39, 0.29) is 0 Å². The quantitative estimate of drug-likeness (QED) is 0.858. The van der Waals surface area contributed by atoms with Gasteiger partial charge in [-0.2, -0.15) is 0 Å². The Morgan fingerprint density at radius 1 is 1.56 bits per heavy atom. The molecular formula is C13H14BrN3O. The van der Waals surface area contributed by atoms with E-state index >= 15 is 0 Å². The zero-order valence-corrected chi connectivity index (χ0v) is 11.6. The van der Waals surface area contributed by atoms with E-state index in [0.29, 0.717) is 0 Å². The molecule has 0 bridgehead atoms. The van der Waals surface area contributed by atoms with Gasteiger partial charge in [0.25, 0.3) is 0 Å². The van der Waals surface area contributed by atoms with E-state index in [0.717, 1.165) is 28.4 Å².